The van der Waals surface area contributed by atoms with E-state index in [9.17, 15) is 0 Å². The standard InChI is InChI=1S/C14H28N2O/c1-12-4-3-5-13(8-12)9-15-10-14-11-16(2)6-7-17-14/h12-15H,3-11H2,1-2H3. The van der Waals surface area contributed by atoms with Crippen LogP contribution < -0.4 is 5.32 Å². The van der Waals surface area contributed by atoms with Gasteiger partial charge in [0.25, 0.3) is 0 Å². The van der Waals surface area contributed by atoms with Gasteiger partial charge in [0.1, 0.15) is 0 Å². The van der Waals surface area contributed by atoms with Crippen molar-refractivity contribution in [3.63, 3.8) is 0 Å². The number of ether oxygens (including phenoxy) is 1. The number of nitrogens with one attached hydrogen (secondary N) is 1. The largest absolute Gasteiger partial charge is 0.374 e. The van der Waals surface area contributed by atoms with Crippen molar-refractivity contribution >= 4 is 0 Å². The number of likely N-dealkylation sites (N-methyl/N-ethyl adjacent to an activating group) is 1. The van der Waals surface area contributed by atoms with Crippen LogP contribution in [0.2, 0.25) is 0 Å². The van der Waals surface area contributed by atoms with Crippen molar-refractivity contribution in [3.05, 3.63) is 0 Å². The average molecular weight is 240 g/mol. The molecule has 1 aliphatic heterocycles. The Morgan fingerprint density at radius 1 is 1.29 bits per heavy atom. The average Bonchev–Trinajstić information content (AvgIpc) is 2.29. The third kappa shape index (κ3) is 4.57. The molecule has 3 unspecified atom stereocenters. The summed E-state index contributed by atoms with van der Waals surface area (Å²) in [6, 6.07) is 0. The summed E-state index contributed by atoms with van der Waals surface area (Å²) in [6.07, 6.45) is 6.10. The number of hydrogen-bond donors (Lipinski definition) is 1. The van der Waals surface area contributed by atoms with Crippen LogP contribution in [0.3, 0.4) is 0 Å². The molecule has 2 rings (SSSR count). The van der Waals surface area contributed by atoms with Crippen molar-refractivity contribution in [3.8, 4) is 0 Å². The Morgan fingerprint density at radius 3 is 2.94 bits per heavy atom. The molecule has 0 amide bonds. The minimum Gasteiger partial charge on any atom is -0.374 e. The van der Waals surface area contributed by atoms with Crippen LogP contribution in [-0.2, 0) is 4.74 Å². The van der Waals surface area contributed by atoms with Gasteiger partial charge in [-0.2, -0.15) is 0 Å². The van der Waals surface area contributed by atoms with E-state index in [-0.39, 0.29) is 0 Å². The van der Waals surface area contributed by atoms with E-state index < -0.39 is 0 Å². The van der Waals surface area contributed by atoms with Gasteiger partial charge < -0.3 is 15.0 Å². The number of nitrogens with zero attached hydrogens (tertiary/aromatic N) is 1. The van der Waals surface area contributed by atoms with E-state index >= 15 is 0 Å². The van der Waals surface area contributed by atoms with E-state index in [1.54, 1.807) is 0 Å². The van der Waals surface area contributed by atoms with E-state index in [1.165, 1.54) is 32.2 Å². The van der Waals surface area contributed by atoms with Crippen molar-refractivity contribution in [2.24, 2.45) is 11.8 Å². The molecule has 3 nitrogen and oxygen atoms in total. The third-order valence-electron chi connectivity index (χ3n) is 4.19. The smallest absolute Gasteiger partial charge is 0.0826 e. The van der Waals surface area contributed by atoms with Gasteiger partial charge in [0.05, 0.1) is 12.7 Å². The minimum atomic E-state index is 0.398. The van der Waals surface area contributed by atoms with Gasteiger partial charge >= 0.3 is 0 Å². The van der Waals surface area contributed by atoms with Crippen LogP contribution in [0, 0.1) is 11.8 Å². The highest BCUT2D eigenvalue weighted by atomic mass is 16.5. The number of rotatable bonds is 4. The van der Waals surface area contributed by atoms with E-state index in [1.807, 2.05) is 0 Å². The summed E-state index contributed by atoms with van der Waals surface area (Å²) in [6.45, 7) is 7.66. The summed E-state index contributed by atoms with van der Waals surface area (Å²) < 4.78 is 5.75. The Morgan fingerprint density at radius 2 is 2.18 bits per heavy atom. The summed E-state index contributed by atoms with van der Waals surface area (Å²) in [5, 5.41) is 3.61. The SMILES string of the molecule is CC1CCCC(CNCC2CN(C)CCO2)C1. The van der Waals surface area contributed by atoms with Gasteiger partial charge in [0.2, 0.25) is 0 Å². The lowest BCUT2D eigenvalue weighted by Crippen LogP contribution is -2.45. The molecule has 1 aliphatic carbocycles. The van der Waals surface area contributed by atoms with Gasteiger partial charge in [-0.25, -0.2) is 0 Å². The molecule has 2 aliphatic rings. The fourth-order valence-electron chi connectivity index (χ4n) is 3.18. The third-order valence-corrected chi connectivity index (χ3v) is 4.19. The fourth-order valence-corrected chi connectivity index (χ4v) is 3.18. The van der Waals surface area contributed by atoms with Crippen molar-refractivity contribution in [2.45, 2.75) is 38.7 Å². The first kappa shape index (κ1) is 13.3. The van der Waals surface area contributed by atoms with Crippen LogP contribution in [0.15, 0.2) is 0 Å². The highest BCUT2D eigenvalue weighted by Gasteiger charge is 2.20. The normalized spacial score (nSPS) is 36.0. The maximum Gasteiger partial charge on any atom is 0.0826 e. The molecule has 100 valence electrons. The maximum atomic E-state index is 5.75. The summed E-state index contributed by atoms with van der Waals surface area (Å²) in [5.74, 6) is 1.84. The number of hydrogen-bond acceptors (Lipinski definition) is 3. The first-order valence-corrected chi connectivity index (χ1v) is 7.25. The van der Waals surface area contributed by atoms with Gasteiger partial charge in [-0.05, 0) is 38.3 Å². The second-order valence-corrected chi connectivity index (χ2v) is 6.05. The molecule has 3 heteroatoms. The molecule has 1 heterocycles. The molecule has 1 saturated carbocycles. The fraction of sp³-hybridized carbons (Fsp3) is 1.00. The summed E-state index contributed by atoms with van der Waals surface area (Å²) in [7, 11) is 2.18. The van der Waals surface area contributed by atoms with Crippen molar-refractivity contribution in [1.82, 2.24) is 10.2 Å². The van der Waals surface area contributed by atoms with E-state index in [0.29, 0.717) is 6.10 Å². The predicted molar refractivity (Wildman–Crippen MR) is 71.2 cm³/mol. The van der Waals surface area contributed by atoms with E-state index in [0.717, 1.165) is 38.1 Å². The Kier molecular flexibility index (Phi) is 5.26. The van der Waals surface area contributed by atoms with Gasteiger partial charge in [0.15, 0.2) is 0 Å². The van der Waals surface area contributed by atoms with Crippen LogP contribution in [0.5, 0.6) is 0 Å². The minimum absolute atomic E-state index is 0.398. The predicted octanol–water partition coefficient (Wildman–Crippen LogP) is 1.73. The molecule has 1 N–H and O–H groups in total. The Balaban J connectivity index is 1.58. The molecule has 1 saturated heterocycles. The monoisotopic (exact) mass is 240 g/mol. The Bertz CT molecular complexity index is 200. The highest BCUT2D eigenvalue weighted by Crippen LogP contribution is 2.27. The van der Waals surface area contributed by atoms with Gasteiger partial charge in [0, 0.05) is 19.6 Å². The van der Waals surface area contributed by atoms with Crippen LogP contribution >= 0.6 is 0 Å². The Hall–Kier alpha value is -0.120. The lowest BCUT2D eigenvalue weighted by molar-refractivity contribution is -0.0185. The highest BCUT2D eigenvalue weighted by molar-refractivity contribution is 4.75. The molecule has 0 bridgehead atoms. The molecule has 0 aromatic rings. The number of morpholine rings is 1. The second kappa shape index (κ2) is 6.72. The van der Waals surface area contributed by atoms with Crippen molar-refractivity contribution in [2.75, 3.05) is 39.8 Å². The van der Waals surface area contributed by atoms with Crippen molar-refractivity contribution in [1.29, 1.82) is 0 Å². The molecule has 2 fully saturated rings. The molecule has 0 aromatic carbocycles. The van der Waals surface area contributed by atoms with Gasteiger partial charge in [-0.15, -0.1) is 0 Å². The first-order valence-electron chi connectivity index (χ1n) is 7.25. The second-order valence-electron chi connectivity index (χ2n) is 6.05. The van der Waals surface area contributed by atoms with Gasteiger partial charge in [-0.1, -0.05) is 19.8 Å². The van der Waals surface area contributed by atoms with E-state index in [4.69, 9.17) is 4.74 Å². The van der Waals surface area contributed by atoms with Crippen LogP contribution in [0.25, 0.3) is 0 Å². The summed E-state index contributed by atoms with van der Waals surface area (Å²) in [5.41, 5.74) is 0. The lowest BCUT2D eigenvalue weighted by atomic mass is 9.82. The molecule has 17 heavy (non-hydrogen) atoms. The van der Waals surface area contributed by atoms with Crippen LogP contribution in [-0.4, -0.2) is 50.8 Å². The van der Waals surface area contributed by atoms with Crippen molar-refractivity contribution < 1.29 is 4.74 Å². The first-order chi connectivity index (χ1) is 8.24. The topological polar surface area (TPSA) is 24.5 Å². The van der Waals surface area contributed by atoms with Gasteiger partial charge in [-0.3, -0.25) is 0 Å². The Labute approximate surface area is 106 Å². The van der Waals surface area contributed by atoms with E-state index in [2.05, 4.69) is 24.2 Å². The van der Waals surface area contributed by atoms with Crippen LogP contribution in [0.4, 0.5) is 0 Å². The molecular weight excluding hydrogens is 212 g/mol. The maximum absolute atomic E-state index is 5.75. The molecule has 0 spiro atoms. The molecule has 0 radical (unpaired) electrons. The summed E-state index contributed by atoms with van der Waals surface area (Å²) in [4.78, 5) is 2.36. The lowest BCUT2D eigenvalue weighted by Gasteiger charge is -2.31. The quantitative estimate of drug-likeness (QED) is 0.810. The summed E-state index contributed by atoms with van der Waals surface area (Å²) >= 11 is 0. The zero-order chi connectivity index (χ0) is 12.1. The molecular formula is C14H28N2O. The van der Waals surface area contributed by atoms with Crippen LogP contribution in [0.1, 0.15) is 32.6 Å². The zero-order valence-corrected chi connectivity index (χ0v) is 11.5. The molecule has 0 aromatic heterocycles. The zero-order valence-electron chi connectivity index (χ0n) is 11.5. The molecule has 3 atom stereocenters.